The number of aryl methyl sites for hydroxylation is 1. The molecule has 218 valence electrons. The molecule has 41 heavy (non-hydrogen) atoms. The smallest absolute Gasteiger partial charge is 0.230 e. The number of ether oxygens (including phenoxy) is 1. The summed E-state index contributed by atoms with van der Waals surface area (Å²) in [5, 5.41) is 14.7. The number of aliphatic hydroxyl groups is 1. The van der Waals surface area contributed by atoms with Gasteiger partial charge in [0.2, 0.25) is 5.91 Å². The zero-order valence-electron chi connectivity index (χ0n) is 24.7. The molecule has 1 amide bonds. The van der Waals surface area contributed by atoms with Gasteiger partial charge in [0.05, 0.1) is 25.5 Å². The summed E-state index contributed by atoms with van der Waals surface area (Å²) in [5.41, 5.74) is 5.82. The van der Waals surface area contributed by atoms with Gasteiger partial charge in [0, 0.05) is 29.9 Å². The van der Waals surface area contributed by atoms with Crippen LogP contribution in [0.3, 0.4) is 0 Å². The first kappa shape index (κ1) is 28.0. The molecule has 3 aliphatic carbocycles. The number of benzene rings is 2. The first-order valence-corrected chi connectivity index (χ1v) is 15.8. The minimum absolute atomic E-state index is 0.0120. The van der Waals surface area contributed by atoms with Gasteiger partial charge in [0.25, 0.3) is 0 Å². The Morgan fingerprint density at radius 3 is 2.44 bits per heavy atom. The maximum Gasteiger partial charge on any atom is 0.230 e. The fourth-order valence-electron chi connectivity index (χ4n) is 7.15. The third kappa shape index (κ3) is 6.23. The molecule has 0 saturated heterocycles. The van der Waals surface area contributed by atoms with Gasteiger partial charge < -0.3 is 14.7 Å². The average molecular weight is 556 g/mol. The summed E-state index contributed by atoms with van der Waals surface area (Å²) in [5.74, 6) is 2.21. The van der Waals surface area contributed by atoms with Crippen LogP contribution in [-0.2, 0) is 4.79 Å². The summed E-state index contributed by atoms with van der Waals surface area (Å²) in [6, 6.07) is 15.6. The van der Waals surface area contributed by atoms with Gasteiger partial charge in [-0.2, -0.15) is 5.10 Å². The van der Waals surface area contributed by atoms with Gasteiger partial charge in [-0.1, -0.05) is 24.3 Å². The number of amides is 1. The van der Waals surface area contributed by atoms with E-state index in [-0.39, 0.29) is 17.9 Å². The zero-order chi connectivity index (χ0) is 28.3. The lowest BCUT2D eigenvalue weighted by Crippen LogP contribution is -2.41. The van der Waals surface area contributed by atoms with Gasteiger partial charge in [0.15, 0.2) is 0 Å². The number of hydrogen-bond acceptors (Lipinski definition) is 4. The normalized spacial score (nSPS) is 25.0. The van der Waals surface area contributed by atoms with Crippen LogP contribution in [0, 0.1) is 18.8 Å². The highest BCUT2D eigenvalue weighted by molar-refractivity contribution is 5.95. The summed E-state index contributed by atoms with van der Waals surface area (Å²) < 4.78 is 7.58. The van der Waals surface area contributed by atoms with Crippen molar-refractivity contribution in [1.82, 2.24) is 9.78 Å². The second-order valence-electron chi connectivity index (χ2n) is 12.7. The van der Waals surface area contributed by atoms with Crippen molar-refractivity contribution in [3.63, 3.8) is 0 Å². The molecule has 0 aliphatic heterocycles. The van der Waals surface area contributed by atoms with Gasteiger partial charge in [-0.25, -0.2) is 0 Å². The molecule has 6 heteroatoms. The van der Waals surface area contributed by atoms with Crippen molar-refractivity contribution in [2.75, 3.05) is 18.6 Å². The van der Waals surface area contributed by atoms with Crippen LogP contribution in [0.4, 0.5) is 5.69 Å². The van der Waals surface area contributed by atoms with Gasteiger partial charge in [-0.3, -0.25) is 9.48 Å². The number of carbonyl (C=O) groups excluding carboxylic acids is 1. The van der Waals surface area contributed by atoms with Gasteiger partial charge in [0.1, 0.15) is 5.75 Å². The molecular formula is C35H45N3O3. The first-order valence-electron chi connectivity index (χ1n) is 15.8. The predicted molar refractivity (Wildman–Crippen MR) is 163 cm³/mol. The predicted octanol–water partition coefficient (Wildman–Crippen LogP) is 7.45. The Hall–Kier alpha value is -3.12. The second kappa shape index (κ2) is 12.4. The van der Waals surface area contributed by atoms with E-state index in [2.05, 4.69) is 70.3 Å². The number of anilines is 1. The van der Waals surface area contributed by atoms with E-state index in [1.54, 1.807) is 7.11 Å². The van der Waals surface area contributed by atoms with Crippen molar-refractivity contribution >= 4 is 11.6 Å². The summed E-state index contributed by atoms with van der Waals surface area (Å²) in [7, 11) is 1.73. The second-order valence-corrected chi connectivity index (χ2v) is 12.7. The molecule has 0 unspecified atom stereocenters. The Kier molecular flexibility index (Phi) is 8.47. The van der Waals surface area contributed by atoms with E-state index in [4.69, 9.17) is 4.74 Å². The highest BCUT2D eigenvalue weighted by Gasteiger charge is 2.32. The van der Waals surface area contributed by atoms with Gasteiger partial charge in [-0.05, 0) is 124 Å². The minimum atomic E-state index is -0.264. The van der Waals surface area contributed by atoms with Crippen molar-refractivity contribution in [3.05, 3.63) is 66.0 Å². The topological polar surface area (TPSA) is 67.6 Å². The van der Waals surface area contributed by atoms with Crippen molar-refractivity contribution in [1.29, 1.82) is 0 Å². The van der Waals surface area contributed by atoms with E-state index >= 15 is 0 Å². The van der Waals surface area contributed by atoms with Crippen LogP contribution in [0.25, 0.3) is 11.1 Å². The number of carbonyl (C=O) groups is 1. The standard InChI is InChI=1S/C35H45N3O3/c1-24-19-29(15-18-34(24)41-2)26-11-9-25(10-12-26)22-37(35(40)27-13-16-33(39)17-14-27)32-8-3-5-28(20-32)30-21-36-38(23-30)31-6-4-7-31/h3,5,8,15,18-21,23,25-27,31,33,39H,4,6-7,9-14,16-17,22H2,1-2H3/t25-,26-,27-,33-. The monoisotopic (exact) mass is 555 g/mol. The lowest BCUT2D eigenvalue weighted by atomic mass is 9.78. The van der Waals surface area contributed by atoms with Crippen LogP contribution in [0.5, 0.6) is 5.75 Å². The SMILES string of the molecule is COc1ccc([C@H]2CC[C@H](CN(c3cccc(-c4cnn(C5CCC5)c4)c3)C(=O)[C@H]3CC[C@H](O)CC3)CC2)cc1C. The van der Waals surface area contributed by atoms with Crippen LogP contribution in [0.2, 0.25) is 0 Å². The fourth-order valence-corrected chi connectivity index (χ4v) is 7.15. The number of aliphatic hydroxyl groups excluding tert-OH is 1. The number of hydrogen-bond donors (Lipinski definition) is 1. The average Bonchev–Trinajstić information content (AvgIpc) is 3.45. The van der Waals surface area contributed by atoms with Crippen LogP contribution in [-0.4, -0.2) is 40.6 Å². The summed E-state index contributed by atoms with van der Waals surface area (Å²) in [6.45, 7) is 2.88. The molecule has 3 saturated carbocycles. The van der Waals surface area contributed by atoms with Crippen LogP contribution < -0.4 is 9.64 Å². The molecule has 3 aliphatic rings. The third-order valence-corrected chi connectivity index (χ3v) is 10.0. The van der Waals surface area contributed by atoms with Gasteiger partial charge in [-0.15, -0.1) is 0 Å². The van der Waals surface area contributed by atoms with Crippen LogP contribution in [0.1, 0.15) is 93.7 Å². The Balaban J connectivity index is 1.19. The van der Waals surface area contributed by atoms with E-state index < -0.39 is 0 Å². The molecule has 0 atom stereocenters. The van der Waals surface area contributed by atoms with E-state index in [0.29, 0.717) is 17.9 Å². The Bertz CT molecular complexity index is 1330. The van der Waals surface area contributed by atoms with E-state index in [1.807, 2.05) is 6.20 Å². The third-order valence-electron chi connectivity index (χ3n) is 10.0. The maximum atomic E-state index is 14.1. The van der Waals surface area contributed by atoms with Crippen LogP contribution >= 0.6 is 0 Å². The lowest BCUT2D eigenvalue weighted by molar-refractivity contribution is -0.124. The molecular weight excluding hydrogens is 510 g/mol. The highest BCUT2D eigenvalue weighted by Crippen LogP contribution is 2.39. The summed E-state index contributed by atoms with van der Waals surface area (Å²) in [6.07, 6.45) is 15.1. The number of nitrogens with zero attached hydrogens (tertiary/aromatic N) is 3. The molecule has 2 aromatic carbocycles. The van der Waals surface area contributed by atoms with Gasteiger partial charge >= 0.3 is 0 Å². The molecule has 0 spiro atoms. The van der Waals surface area contributed by atoms with Crippen molar-refractivity contribution in [2.45, 2.75) is 95.6 Å². The highest BCUT2D eigenvalue weighted by atomic mass is 16.5. The Morgan fingerprint density at radius 2 is 1.76 bits per heavy atom. The van der Waals surface area contributed by atoms with Crippen molar-refractivity contribution in [2.24, 2.45) is 11.8 Å². The Morgan fingerprint density at radius 1 is 0.976 bits per heavy atom. The van der Waals surface area contributed by atoms with Crippen molar-refractivity contribution < 1.29 is 14.6 Å². The number of aromatic nitrogens is 2. The molecule has 6 rings (SSSR count). The molecule has 0 bridgehead atoms. The molecule has 0 radical (unpaired) electrons. The van der Waals surface area contributed by atoms with Crippen molar-refractivity contribution in [3.8, 4) is 16.9 Å². The number of methoxy groups -OCH3 is 1. The minimum Gasteiger partial charge on any atom is -0.496 e. The molecule has 1 aromatic heterocycles. The lowest BCUT2D eigenvalue weighted by Gasteiger charge is -2.36. The van der Waals surface area contributed by atoms with E-state index in [1.165, 1.54) is 30.4 Å². The first-order chi connectivity index (χ1) is 20.0. The number of rotatable bonds is 8. The zero-order valence-corrected chi connectivity index (χ0v) is 24.7. The molecule has 1 N–H and O–H groups in total. The molecule has 6 nitrogen and oxygen atoms in total. The largest absolute Gasteiger partial charge is 0.496 e. The Labute approximate surface area is 244 Å². The molecule has 3 aromatic rings. The summed E-state index contributed by atoms with van der Waals surface area (Å²) >= 11 is 0. The van der Waals surface area contributed by atoms with E-state index in [0.717, 1.165) is 80.5 Å². The summed E-state index contributed by atoms with van der Waals surface area (Å²) in [4.78, 5) is 16.2. The quantitative estimate of drug-likeness (QED) is 0.313. The maximum absolute atomic E-state index is 14.1. The molecule has 1 heterocycles. The molecule has 3 fully saturated rings. The fraction of sp³-hybridized carbons (Fsp3) is 0.543. The van der Waals surface area contributed by atoms with Crippen LogP contribution in [0.15, 0.2) is 54.9 Å². The van der Waals surface area contributed by atoms with E-state index in [9.17, 15) is 9.90 Å².